The first-order valence-corrected chi connectivity index (χ1v) is 13.9. The molecule has 0 atom stereocenters. The van der Waals surface area contributed by atoms with Gasteiger partial charge in [-0.15, -0.1) is 0 Å². The van der Waals surface area contributed by atoms with Crippen molar-refractivity contribution in [2.24, 2.45) is 5.92 Å². The summed E-state index contributed by atoms with van der Waals surface area (Å²) in [4.78, 5) is 40.7. The molecule has 0 unspecified atom stereocenters. The largest absolute Gasteiger partial charge is 0.459 e. The molecule has 11 heteroatoms. The quantitative estimate of drug-likeness (QED) is 0.325. The van der Waals surface area contributed by atoms with Crippen LogP contribution < -0.4 is 10.0 Å². The van der Waals surface area contributed by atoms with Crippen LogP contribution in [0.1, 0.15) is 58.7 Å². The van der Waals surface area contributed by atoms with Crippen LogP contribution in [0.3, 0.4) is 0 Å². The lowest BCUT2D eigenvalue weighted by Crippen LogP contribution is -2.31. The van der Waals surface area contributed by atoms with Gasteiger partial charge in [0.2, 0.25) is 0 Å². The topological polar surface area (TPSA) is 132 Å². The highest BCUT2D eigenvalue weighted by molar-refractivity contribution is 7.90. The number of hydrogen-bond donors (Lipinski definition) is 2. The van der Waals surface area contributed by atoms with Crippen LogP contribution in [0, 0.1) is 11.7 Å². The van der Waals surface area contributed by atoms with Crippen LogP contribution in [0.25, 0.3) is 0 Å². The molecular formula is C28H30FN3O6S. The average molecular weight is 556 g/mol. The van der Waals surface area contributed by atoms with Crippen molar-refractivity contribution >= 4 is 27.8 Å². The molecular weight excluding hydrogens is 525 g/mol. The first-order valence-electron chi connectivity index (χ1n) is 12.4. The Morgan fingerprint density at radius 3 is 2.13 bits per heavy atom. The van der Waals surface area contributed by atoms with Crippen molar-refractivity contribution in [3.05, 3.63) is 95.1 Å². The summed E-state index contributed by atoms with van der Waals surface area (Å²) in [5.41, 5.74) is 1.52. The fraction of sp³-hybridized carbons (Fsp3) is 0.286. The molecule has 2 aromatic carbocycles. The van der Waals surface area contributed by atoms with Gasteiger partial charge in [0.25, 0.3) is 21.8 Å². The van der Waals surface area contributed by atoms with Gasteiger partial charge in [0.05, 0.1) is 22.1 Å². The van der Waals surface area contributed by atoms with E-state index in [-0.39, 0.29) is 40.3 Å². The predicted octanol–water partition coefficient (Wildman–Crippen LogP) is 3.79. The molecule has 0 radical (unpaired) electrons. The summed E-state index contributed by atoms with van der Waals surface area (Å²) in [6.07, 6.45) is 3.05. The Kier molecular flexibility index (Phi) is 10.3. The Morgan fingerprint density at radius 1 is 0.897 bits per heavy atom. The molecule has 206 valence electrons. The molecule has 1 aromatic heterocycles. The van der Waals surface area contributed by atoms with Crippen LogP contribution in [0.4, 0.5) is 4.39 Å². The maximum Gasteiger partial charge on any atom is 0.309 e. The molecule has 2 amide bonds. The Labute approximate surface area is 226 Å². The number of carbonyl (C=O) groups is 3. The zero-order valence-corrected chi connectivity index (χ0v) is 22.5. The van der Waals surface area contributed by atoms with E-state index in [1.807, 2.05) is 18.6 Å². The van der Waals surface area contributed by atoms with Crippen molar-refractivity contribution in [2.45, 2.75) is 44.6 Å². The number of halogens is 1. The second kappa shape index (κ2) is 13.6. The van der Waals surface area contributed by atoms with Gasteiger partial charge in [0, 0.05) is 18.3 Å². The highest BCUT2D eigenvalue weighted by atomic mass is 32.2. The van der Waals surface area contributed by atoms with Crippen molar-refractivity contribution in [1.82, 2.24) is 15.0 Å². The van der Waals surface area contributed by atoms with E-state index in [9.17, 15) is 27.2 Å². The molecule has 1 heterocycles. The van der Waals surface area contributed by atoms with Gasteiger partial charge in [0.15, 0.2) is 0 Å². The van der Waals surface area contributed by atoms with Gasteiger partial charge in [-0.2, -0.15) is 0 Å². The number of esters is 1. The van der Waals surface area contributed by atoms with Crippen LogP contribution in [-0.4, -0.2) is 37.7 Å². The first kappa shape index (κ1) is 29.4. The number of benzene rings is 2. The number of nitrogens with one attached hydrogen (secondary N) is 2. The minimum absolute atomic E-state index is 0.00537. The maximum absolute atomic E-state index is 13.0. The number of pyridine rings is 1. The zero-order chi connectivity index (χ0) is 28.4. The van der Waals surface area contributed by atoms with Gasteiger partial charge in [0.1, 0.15) is 12.4 Å². The summed E-state index contributed by atoms with van der Waals surface area (Å²) in [5, 5.41) is 2.72. The van der Waals surface area contributed by atoms with Crippen molar-refractivity contribution in [2.75, 3.05) is 6.54 Å². The molecule has 0 aliphatic rings. The molecule has 39 heavy (non-hydrogen) atoms. The van der Waals surface area contributed by atoms with Crippen molar-refractivity contribution in [3.63, 3.8) is 0 Å². The number of amides is 2. The van der Waals surface area contributed by atoms with E-state index < -0.39 is 21.8 Å². The molecule has 0 saturated carbocycles. The fourth-order valence-corrected chi connectivity index (χ4v) is 4.60. The van der Waals surface area contributed by atoms with Crippen LogP contribution in [0.2, 0.25) is 0 Å². The van der Waals surface area contributed by atoms with Crippen LogP contribution in [0.15, 0.2) is 71.8 Å². The molecule has 0 spiro atoms. The number of nitrogens with zero attached hydrogens (tertiary/aromatic N) is 1. The number of carbonyl (C=O) groups excluding carboxylic acids is 3. The standard InChI is InChI=1S/C28H30FN3O6S/c1-3-20(4-2)28(35)38-18-24-12-7-22(17-31-24)27(34)32-39(36,37)25-13-8-21(9-14-25)26(33)30-16-15-19-5-10-23(29)11-6-19/h5-14,17,20H,3-4,15-16,18H2,1-2H3,(H,30,33)(H,32,34). The molecule has 0 bridgehead atoms. The SMILES string of the molecule is CCC(CC)C(=O)OCc1ccc(C(=O)NS(=O)(=O)c2ccc(C(=O)NCCc3ccc(F)cc3)cc2)cn1. The molecule has 0 fully saturated rings. The van der Waals surface area contributed by atoms with Crippen molar-refractivity contribution in [1.29, 1.82) is 0 Å². The van der Waals surface area contributed by atoms with Gasteiger partial charge in [-0.1, -0.05) is 26.0 Å². The number of aromatic nitrogens is 1. The summed E-state index contributed by atoms with van der Waals surface area (Å²) >= 11 is 0. The zero-order valence-electron chi connectivity index (χ0n) is 21.6. The Morgan fingerprint density at radius 2 is 1.54 bits per heavy atom. The third-order valence-corrected chi connectivity index (χ3v) is 7.38. The van der Waals surface area contributed by atoms with Gasteiger partial charge >= 0.3 is 5.97 Å². The molecule has 0 saturated heterocycles. The van der Waals surface area contributed by atoms with Crippen LogP contribution in [0.5, 0.6) is 0 Å². The highest BCUT2D eigenvalue weighted by Crippen LogP contribution is 2.13. The summed E-state index contributed by atoms with van der Waals surface area (Å²) in [7, 11) is -4.21. The second-order valence-electron chi connectivity index (χ2n) is 8.75. The molecule has 0 aliphatic heterocycles. The van der Waals surface area contributed by atoms with E-state index >= 15 is 0 Å². The van der Waals surface area contributed by atoms with Crippen LogP contribution >= 0.6 is 0 Å². The lowest BCUT2D eigenvalue weighted by atomic mass is 10.0. The van der Waals surface area contributed by atoms with E-state index in [2.05, 4.69) is 10.3 Å². The van der Waals surface area contributed by atoms with Gasteiger partial charge in [-0.05, 0) is 73.4 Å². The van der Waals surface area contributed by atoms with Crippen molar-refractivity contribution < 1.29 is 31.9 Å². The Bertz CT molecular complexity index is 1390. The monoisotopic (exact) mass is 555 g/mol. The van der Waals surface area contributed by atoms with Crippen molar-refractivity contribution in [3.8, 4) is 0 Å². The number of rotatable bonds is 12. The summed E-state index contributed by atoms with van der Waals surface area (Å²) in [6, 6.07) is 13.9. The number of sulfonamides is 1. The molecule has 3 aromatic rings. The van der Waals surface area contributed by atoms with Gasteiger partial charge in [-0.3, -0.25) is 19.4 Å². The molecule has 3 rings (SSSR count). The normalized spacial score (nSPS) is 11.2. The predicted molar refractivity (Wildman–Crippen MR) is 142 cm³/mol. The molecule has 2 N–H and O–H groups in total. The Balaban J connectivity index is 1.53. The summed E-state index contributed by atoms with van der Waals surface area (Å²) in [6.45, 7) is 4.07. The lowest BCUT2D eigenvalue weighted by Gasteiger charge is -2.12. The van der Waals surface area contributed by atoms with E-state index in [0.29, 0.717) is 31.5 Å². The highest BCUT2D eigenvalue weighted by Gasteiger charge is 2.20. The maximum atomic E-state index is 13.0. The van der Waals surface area contributed by atoms with Gasteiger partial charge in [-0.25, -0.2) is 17.5 Å². The number of ether oxygens (including phenoxy) is 1. The lowest BCUT2D eigenvalue weighted by molar-refractivity contribution is -0.150. The van der Waals surface area contributed by atoms with E-state index in [1.165, 1.54) is 54.7 Å². The third kappa shape index (κ3) is 8.44. The van der Waals surface area contributed by atoms with E-state index in [0.717, 1.165) is 5.56 Å². The summed E-state index contributed by atoms with van der Waals surface area (Å²) < 4.78 is 45.6. The first-order chi connectivity index (χ1) is 18.6. The molecule has 0 aliphatic carbocycles. The fourth-order valence-electron chi connectivity index (χ4n) is 3.63. The average Bonchev–Trinajstić information content (AvgIpc) is 2.93. The third-order valence-electron chi connectivity index (χ3n) is 6.03. The smallest absolute Gasteiger partial charge is 0.309 e. The Hall–Kier alpha value is -4.12. The van der Waals surface area contributed by atoms with Gasteiger partial charge < -0.3 is 10.1 Å². The van der Waals surface area contributed by atoms with E-state index in [4.69, 9.17) is 4.74 Å². The second-order valence-corrected chi connectivity index (χ2v) is 10.4. The van der Waals surface area contributed by atoms with E-state index in [1.54, 1.807) is 12.1 Å². The molecule has 9 nitrogen and oxygen atoms in total. The minimum Gasteiger partial charge on any atom is -0.459 e. The number of hydrogen-bond acceptors (Lipinski definition) is 7. The summed E-state index contributed by atoms with van der Waals surface area (Å²) in [5.74, 6) is -2.12. The van der Waals surface area contributed by atoms with Crippen LogP contribution in [-0.2, 0) is 32.6 Å². The minimum atomic E-state index is -4.21.